The van der Waals surface area contributed by atoms with Crippen LogP contribution in [0, 0.1) is 6.92 Å². The van der Waals surface area contributed by atoms with E-state index in [0.717, 1.165) is 22.6 Å². The maximum absolute atomic E-state index is 14.5. The molecule has 0 saturated heterocycles. The lowest BCUT2D eigenvalue weighted by atomic mass is 9.95. The fraction of sp³-hybridized carbons (Fsp3) is 0.237. The van der Waals surface area contributed by atoms with Crippen molar-refractivity contribution < 1.29 is 28.5 Å². The molecule has 0 N–H and O–H groups in total. The maximum Gasteiger partial charge on any atom is 0.338 e. The van der Waals surface area contributed by atoms with Crippen LogP contribution in [0.3, 0.4) is 0 Å². The van der Waals surface area contributed by atoms with Gasteiger partial charge < -0.3 is 18.9 Å². The molecule has 11 nitrogen and oxygen atoms in total. The zero-order valence-corrected chi connectivity index (χ0v) is 29.4. The molecule has 256 valence electrons. The summed E-state index contributed by atoms with van der Waals surface area (Å²) in [7, 11) is 1.45. The van der Waals surface area contributed by atoms with Crippen LogP contribution in [-0.4, -0.2) is 46.6 Å². The molecule has 6 rings (SSSR count). The molecule has 0 spiro atoms. The zero-order valence-electron chi connectivity index (χ0n) is 28.6. The molecule has 0 aliphatic carbocycles. The van der Waals surface area contributed by atoms with Crippen LogP contribution in [0.5, 0.6) is 17.2 Å². The number of allylic oxidation sites excluding steroid dienone is 1. The van der Waals surface area contributed by atoms with Gasteiger partial charge in [0, 0.05) is 24.2 Å². The number of nitrogens with zero attached hydrogens (tertiary/aromatic N) is 4. The number of aromatic nitrogens is 3. The number of benzene rings is 3. The van der Waals surface area contributed by atoms with Gasteiger partial charge in [0.2, 0.25) is 0 Å². The van der Waals surface area contributed by atoms with Crippen molar-refractivity contribution in [2.45, 2.75) is 40.7 Å². The van der Waals surface area contributed by atoms with Gasteiger partial charge in [-0.1, -0.05) is 35.6 Å². The van der Waals surface area contributed by atoms with E-state index in [1.54, 1.807) is 36.7 Å². The number of para-hydroxylation sites is 1. The highest BCUT2D eigenvalue weighted by Gasteiger charge is 2.34. The van der Waals surface area contributed by atoms with E-state index in [2.05, 4.69) is 0 Å². The number of thiazole rings is 1. The van der Waals surface area contributed by atoms with Crippen LogP contribution in [0.1, 0.15) is 50.4 Å². The van der Waals surface area contributed by atoms with Gasteiger partial charge >= 0.3 is 11.9 Å². The molecule has 3 heterocycles. The largest absolute Gasteiger partial charge is 0.494 e. The molecular weight excluding hydrogens is 657 g/mol. The molecule has 12 heteroatoms. The van der Waals surface area contributed by atoms with Gasteiger partial charge in [-0.15, -0.1) is 0 Å². The highest BCUT2D eigenvalue weighted by molar-refractivity contribution is 7.07. The van der Waals surface area contributed by atoms with E-state index in [0.29, 0.717) is 38.5 Å². The van der Waals surface area contributed by atoms with Crippen molar-refractivity contribution >= 4 is 29.4 Å². The molecule has 3 aromatic carbocycles. The van der Waals surface area contributed by atoms with Crippen LogP contribution in [0.2, 0.25) is 0 Å². The SMILES string of the molecule is CCOC(=O)C1=C(C)N=c2sc(=Cc3cn(-c4ccccc4)nc3-c3ccc(OCC)c(C)c3)c(=O)n2C1c1ccc(OC(C)=O)c(OC)c1. The number of fused-ring (bicyclic) bond motifs is 1. The molecule has 2 aromatic heterocycles. The Morgan fingerprint density at radius 1 is 0.960 bits per heavy atom. The highest BCUT2D eigenvalue weighted by Crippen LogP contribution is 2.36. The topological polar surface area (TPSA) is 123 Å². The summed E-state index contributed by atoms with van der Waals surface area (Å²) in [6.07, 6.45) is 3.70. The number of carbonyl (C=O) groups is 2. The van der Waals surface area contributed by atoms with E-state index in [-0.39, 0.29) is 29.2 Å². The van der Waals surface area contributed by atoms with Crippen molar-refractivity contribution in [3.05, 3.63) is 121 Å². The van der Waals surface area contributed by atoms with Crippen LogP contribution in [0.25, 0.3) is 23.0 Å². The third-order valence-electron chi connectivity index (χ3n) is 8.07. The first-order valence-electron chi connectivity index (χ1n) is 16.1. The molecule has 0 bridgehead atoms. The number of esters is 2. The van der Waals surface area contributed by atoms with E-state index in [1.165, 1.54) is 29.9 Å². The van der Waals surface area contributed by atoms with Crippen LogP contribution in [0.15, 0.2) is 94.0 Å². The first-order chi connectivity index (χ1) is 24.1. The molecule has 1 aliphatic rings. The lowest BCUT2D eigenvalue weighted by Gasteiger charge is -2.25. The average Bonchev–Trinajstić information content (AvgIpc) is 3.66. The Balaban J connectivity index is 1.55. The van der Waals surface area contributed by atoms with Gasteiger partial charge in [0.05, 0.1) is 47.9 Å². The van der Waals surface area contributed by atoms with Crippen molar-refractivity contribution in [1.82, 2.24) is 14.3 Å². The molecular formula is C38H36N4O7S. The average molecular weight is 693 g/mol. The number of aryl methyl sites for hydroxylation is 1. The molecule has 0 amide bonds. The lowest BCUT2D eigenvalue weighted by molar-refractivity contribution is -0.139. The molecule has 1 unspecified atom stereocenters. The summed E-state index contributed by atoms with van der Waals surface area (Å²) in [5.41, 5.74) is 4.91. The minimum Gasteiger partial charge on any atom is -0.494 e. The zero-order chi connectivity index (χ0) is 35.5. The van der Waals surface area contributed by atoms with Gasteiger partial charge in [0.25, 0.3) is 5.56 Å². The van der Waals surface area contributed by atoms with Gasteiger partial charge in [0.1, 0.15) is 11.4 Å². The van der Waals surface area contributed by atoms with Crippen LogP contribution >= 0.6 is 11.3 Å². The minimum atomic E-state index is -0.895. The summed E-state index contributed by atoms with van der Waals surface area (Å²) in [5.74, 6) is 0.165. The summed E-state index contributed by atoms with van der Waals surface area (Å²) in [6.45, 7) is 9.35. The number of ether oxygens (including phenoxy) is 4. The Morgan fingerprint density at radius 2 is 1.72 bits per heavy atom. The molecule has 0 saturated carbocycles. The highest BCUT2D eigenvalue weighted by atomic mass is 32.1. The van der Waals surface area contributed by atoms with Crippen molar-refractivity contribution in [3.8, 4) is 34.2 Å². The second-order valence-corrected chi connectivity index (χ2v) is 12.4. The summed E-state index contributed by atoms with van der Waals surface area (Å²) in [6, 6.07) is 19.6. The van der Waals surface area contributed by atoms with E-state index < -0.39 is 18.0 Å². The van der Waals surface area contributed by atoms with Crippen molar-refractivity contribution in [2.24, 2.45) is 4.99 Å². The second-order valence-electron chi connectivity index (χ2n) is 11.4. The Bertz CT molecular complexity index is 2320. The van der Waals surface area contributed by atoms with Gasteiger partial charge in [0.15, 0.2) is 16.3 Å². The van der Waals surface area contributed by atoms with E-state index in [1.807, 2.05) is 74.7 Å². The number of rotatable bonds is 10. The quantitative estimate of drug-likeness (QED) is 0.143. The fourth-order valence-electron chi connectivity index (χ4n) is 5.89. The Labute approximate surface area is 292 Å². The third-order valence-corrected chi connectivity index (χ3v) is 9.06. The number of hydrogen-bond donors (Lipinski definition) is 0. The summed E-state index contributed by atoms with van der Waals surface area (Å²) in [4.78, 5) is 44.7. The summed E-state index contributed by atoms with van der Waals surface area (Å²) < 4.78 is 25.7. The van der Waals surface area contributed by atoms with Crippen molar-refractivity contribution in [1.29, 1.82) is 0 Å². The summed E-state index contributed by atoms with van der Waals surface area (Å²) in [5, 5.41) is 4.95. The Morgan fingerprint density at radius 3 is 2.40 bits per heavy atom. The first kappa shape index (κ1) is 34.1. The molecule has 1 atom stereocenters. The van der Waals surface area contributed by atoms with Crippen LogP contribution in [-0.2, 0) is 14.3 Å². The minimum absolute atomic E-state index is 0.140. The fourth-order valence-corrected chi connectivity index (χ4v) is 6.92. The number of hydrogen-bond acceptors (Lipinski definition) is 10. The molecule has 0 radical (unpaired) electrons. The monoisotopic (exact) mass is 692 g/mol. The van der Waals surface area contributed by atoms with Gasteiger partial charge in [-0.3, -0.25) is 14.2 Å². The van der Waals surface area contributed by atoms with Crippen molar-refractivity contribution in [2.75, 3.05) is 20.3 Å². The predicted molar refractivity (Wildman–Crippen MR) is 190 cm³/mol. The lowest BCUT2D eigenvalue weighted by Crippen LogP contribution is -2.40. The van der Waals surface area contributed by atoms with Crippen LogP contribution < -0.4 is 29.1 Å². The van der Waals surface area contributed by atoms with E-state index >= 15 is 0 Å². The summed E-state index contributed by atoms with van der Waals surface area (Å²) >= 11 is 1.21. The standard InChI is InChI=1S/C38H36N4O7S/c1-7-47-29-16-14-25(18-22(29)3)34-27(21-41(40-34)28-12-10-9-11-13-28)20-32-36(44)42-35(26-15-17-30(49-24(5)43)31(19-26)46-6)33(37(45)48-8-2)23(4)39-38(42)50-32/h9-21,35H,7-8H2,1-6H3. The third kappa shape index (κ3) is 6.61. The molecule has 50 heavy (non-hydrogen) atoms. The van der Waals surface area contributed by atoms with Crippen molar-refractivity contribution in [3.63, 3.8) is 0 Å². The van der Waals surface area contributed by atoms with Gasteiger partial charge in [-0.05, 0) is 87.4 Å². The van der Waals surface area contributed by atoms with E-state index in [9.17, 15) is 14.4 Å². The normalized spacial score (nSPS) is 14.2. The number of carbonyl (C=O) groups excluding carboxylic acids is 2. The smallest absolute Gasteiger partial charge is 0.338 e. The van der Waals surface area contributed by atoms with Gasteiger partial charge in [-0.2, -0.15) is 5.10 Å². The second kappa shape index (κ2) is 14.4. The first-order valence-corrected chi connectivity index (χ1v) is 16.9. The molecule has 1 aliphatic heterocycles. The Kier molecular flexibility index (Phi) is 9.82. The Hall–Kier alpha value is -5.75. The predicted octanol–water partition coefficient (Wildman–Crippen LogP) is 5.29. The van der Waals surface area contributed by atoms with Gasteiger partial charge in [-0.25, -0.2) is 14.5 Å². The van der Waals surface area contributed by atoms with Crippen LogP contribution in [0.4, 0.5) is 0 Å². The maximum atomic E-state index is 14.5. The van der Waals surface area contributed by atoms with E-state index in [4.69, 9.17) is 29.0 Å². The number of methoxy groups -OCH3 is 1. The molecule has 0 fully saturated rings. The molecule has 5 aromatic rings.